The first kappa shape index (κ1) is 20.2. The van der Waals surface area contributed by atoms with Crippen LogP contribution in [0.25, 0.3) is 0 Å². The number of unbranched alkanes of at least 4 members (excludes halogenated alkanes) is 5. The highest BCUT2D eigenvalue weighted by Crippen LogP contribution is 2.42. The van der Waals surface area contributed by atoms with Crippen molar-refractivity contribution in [1.82, 2.24) is 0 Å². The van der Waals surface area contributed by atoms with Gasteiger partial charge >= 0.3 is 0 Å². The zero-order valence-electron chi connectivity index (χ0n) is 16.5. The van der Waals surface area contributed by atoms with Gasteiger partial charge in [0, 0.05) is 20.1 Å². The summed E-state index contributed by atoms with van der Waals surface area (Å²) < 4.78 is 17.2. The molecule has 0 spiro atoms. The van der Waals surface area contributed by atoms with Crippen molar-refractivity contribution in [3.8, 4) is 0 Å². The summed E-state index contributed by atoms with van der Waals surface area (Å²) in [6.45, 7) is 4.40. The smallest absolute Gasteiger partial charge is 0.167 e. The summed E-state index contributed by atoms with van der Waals surface area (Å²) in [4.78, 5) is 0. The van der Waals surface area contributed by atoms with E-state index in [-0.39, 0.29) is 0 Å². The molecule has 0 aromatic rings. The lowest BCUT2D eigenvalue weighted by Crippen LogP contribution is -2.39. The normalized spacial score (nSPS) is 27.8. The zero-order valence-corrected chi connectivity index (χ0v) is 16.5. The molecule has 2 rings (SSSR count). The van der Waals surface area contributed by atoms with E-state index in [9.17, 15) is 0 Å². The van der Waals surface area contributed by atoms with Crippen molar-refractivity contribution >= 4 is 0 Å². The third-order valence-corrected chi connectivity index (χ3v) is 6.49. The Morgan fingerprint density at radius 3 is 2.33 bits per heavy atom. The van der Waals surface area contributed by atoms with Gasteiger partial charge in [0.25, 0.3) is 0 Å². The standard InChI is InChI=1S/C21H40O3/c1-5-6-7-8-9-10-11-18(21(2,22-3)23-4)14-12-17-13-15-19-20(16-17)24-19/h17-20H,5-16H2,1-4H3. The van der Waals surface area contributed by atoms with E-state index in [1.807, 2.05) is 0 Å². The van der Waals surface area contributed by atoms with Crippen molar-refractivity contribution in [2.24, 2.45) is 11.8 Å². The van der Waals surface area contributed by atoms with E-state index in [0.29, 0.717) is 18.1 Å². The number of fused-ring (bicyclic) bond motifs is 1. The molecule has 0 radical (unpaired) electrons. The molecule has 0 amide bonds. The van der Waals surface area contributed by atoms with Gasteiger partial charge in [0.15, 0.2) is 5.79 Å². The monoisotopic (exact) mass is 340 g/mol. The minimum absolute atomic E-state index is 0.434. The number of epoxide rings is 1. The Morgan fingerprint density at radius 2 is 1.67 bits per heavy atom. The van der Waals surface area contributed by atoms with Crippen molar-refractivity contribution in [2.75, 3.05) is 14.2 Å². The topological polar surface area (TPSA) is 31.0 Å². The number of rotatable bonds is 13. The molecule has 0 N–H and O–H groups in total. The summed E-state index contributed by atoms with van der Waals surface area (Å²) in [5.41, 5.74) is 0. The van der Waals surface area contributed by atoms with Crippen molar-refractivity contribution in [1.29, 1.82) is 0 Å². The molecule has 1 heterocycles. The van der Waals surface area contributed by atoms with Crippen molar-refractivity contribution < 1.29 is 14.2 Å². The summed E-state index contributed by atoms with van der Waals surface area (Å²) in [6.07, 6.45) is 17.0. The summed E-state index contributed by atoms with van der Waals surface area (Å²) >= 11 is 0. The average Bonchev–Trinajstić information content (AvgIpc) is 3.38. The lowest BCUT2D eigenvalue weighted by Gasteiger charge is -2.36. The fourth-order valence-electron chi connectivity index (χ4n) is 4.44. The summed E-state index contributed by atoms with van der Waals surface area (Å²) in [5, 5.41) is 0. The molecule has 4 atom stereocenters. The molecule has 1 saturated carbocycles. The second kappa shape index (κ2) is 10.1. The molecule has 1 aliphatic carbocycles. The first-order valence-corrected chi connectivity index (χ1v) is 10.4. The molecule has 2 aliphatic rings. The Morgan fingerprint density at radius 1 is 0.958 bits per heavy atom. The first-order valence-electron chi connectivity index (χ1n) is 10.4. The predicted molar refractivity (Wildman–Crippen MR) is 99.1 cm³/mol. The molecule has 1 aliphatic heterocycles. The van der Waals surface area contributed by atoms with Crippen LogP contribution in [0.4, 0.5) is 0 Å². The van der Waals surface area contributed by atoms with Crippen molar-refractivity contribution in [3.05, 3.63) is 0 Å². The zero-order chi connectivity index (χ0) is 17.4. The van der Waals surface area contributed by atoms with E-state index >= 15 is 0 Å². The van der Waals surface area contributed by atoms with Crippen molar-refractivity contribution in [3.63, 3.8) is 0 Å². The largest absolute Gasteiger partial charge is 0.370 e. The Bertz CT molecular complexity index is 340. The minimum Gasteiger partial charge on any atom is -0.370 e. The summed E-state index contributed by atoms with van der Waals surface area (Å²) in [6, 6.07) is 0. The molecule has 0 bridgehead atoms. The Labute approximate surface area is 149 Å². The quantitative estimate of drug-likeness (QED) is 0.244. The second-order valence-corrected chi connectivity index (χ2v) is 8.15. The molecule has 1 saturated heterocycles. The van der Waals surface area contributed by atoms with Gasteiger partial charge in [0.05, 0.1) is 12.2 Å². The van der Waals surface area contributed by atoms with Crippen LogP contribution < -0.4 is 0 Å². The van der Waals surface area contributed by atoms with Gasteiger partial charge in [-0.05, 0) is 51.4 Å². The maximum atomic E-state index is 5.77. The van der Waals surface area contributed by atoms with E-state index in [1.165, 1.54) is 77.0 Å². The third kappa shape index (κ3) is 6.00. The van der Waals surface area contributed by atoms with Crippen LogP contribution in [0, 0.1) is 11.8 Å². The Balaban J connectivity index is 1.74. The van der Waals surface area contributed by atoms with Crippen LogP contribution in [0.5, 0.6) is 0 Å². The molecule has 142 valence electrons. The Hall–Kier alpha value is -0.120. The molecular formula is C21H40O3. The maximum Gasteiger partial charge on any atom is 0.167 e. The van der Waals surface area contributed by atoms with Gasteiger partial charge in [-0.3, -0.25) is 0 Å². The van der Waals surface area contributed by atoms with Gasteiger partial charge in [-0.2, -0.15) is 0 Å². The van der Waals surface area contributed by atoms with Crippen LogP contribution in [0.1, 0.15) is 90.9 Å². The molecular weight excluding hydrogens is 300 g/mol. The molecule has 4 unspecified atom stereocenters. The fraction of sp³-hybridized carbons (Fsp3) is 1.00. The summed E-state index contributed by atoms with van der Waals surface area (Å²) in [7, 11) is 3.59. The highest BCUT2D eigenvalue weighted by atomic mass is 16.7. The van der Waals surface area contributed by atoms with E-state index in [4.69, 9.17) is 14.2 Å². The number of ether oxygens (including phenoxy) is 3. The molecule has 24 heavy (non-hydrogen) atoms. The van der Waals surface area contributed by atoms with Crippen molar-refractivity contribution in [2.45, 2.75) is 109 Å². The van der Waals surface area contributed by atoms with Gasteiger partial charge in [-0.15, -0.1) is 0 Å². The van der Waals surface area contributed by atoms with Gasteiger partial charge in [0.2, 0.25) is 0 Å². The van der Waals surface area contributed by atoms with E-state index in [1.54, 1.807) is 14.2 Å². The van der Waals surface area contributed by atoms with Crippen LogP contribution in [0.3, 0.4) is 0 Å². The van der Waals surface area contributed by atoms with Crippen LogP contribution in [-0.4, -0.2) is 32.2 Å². The highest BCUT2D eigenvalue weighted by Gasteiger charge is 2.44. The molecule has 0 aromatic heterocycles. The van der Waals surface area contributed by atoms with E-state index < -0.39 is 5.79 Å². The maximum absolute atomic E-state index is 5.77. The average molecular weight is 341 g/mol. The minimum atomic E-state index is -0.434. The van der Waals surface area contributed by atoms with E-state index in [0.717, 1.165) is 5.92 Å². The van der Waals surface area contributed by atoms with Gasteiger partial charge < -0.3 is 14.2 Å². The van der Waals surface area contributed by atoms with E-state index in [2.05, 4.69) is 13.8 Å². The van der Waals surface area contributed by atoms with Gasteiger partial charge in [-0.1, -0.05) is 45.4 Å². The first-order chi connectivity index (χ1) is 11.6. The second-order valence-electron chi connectivity index (χ2n) is 8.15. The number of hydrogen-bond donors (Lipinski definition) is 0. The SMILES string of the molecule is CCCCCCCCC(CCC1CCC2OC2C1)C(C)(OC)OC. The van der Waals surface area contributed by atoms with Crippen LogP contribution >= 0.6 is 0 Å². The molecule has 3 heteroatoms. The number of hydrogen-bond acceptors (Lipinski definition) is 3. The summed E-state index contributed by atoms with van der Waals surface area (Å²) in [5.74, 6) is 0.909. The molecule has 3 nitrogen and oxygen atoms in total. The van der Waals surface area contributed by atoms with Crippen LogP contribution in [0.15, 0.2) is 0 Å². The van der Waals surface area contributed by atoms with Crippen LogP contribution in [-0.2, 0) is 14.2 Å². The predicted octanol–water partition coefficient (Wildman–Crippen LogP) is 5.71. The van der Waals surface area contributed by atoms with Gasteiger partial charge in [-0.25, -0.2) is 0 Å². The molecule has 0 aromatic carbocycles. The third-order valence-electron chi connectivity index (χ3n) is 6.49. The lowest BCUT2D eigenvalue weighted by atomic mass is 9.81. The van der Waals surface area contributed by atoms with Crippen LogP contribution in [0.2, 0.25) is 0 Å². The lowest BCUT2D eigenvalue weighted by molar-refractivity contribution is -0.230. The fourth-order valence-corrected chi connectivity index (χ4v) is 4.44. The van der Waals surface area contributed by atoms with Gasteiger partial charge in [0.1, 0.15) is 0 Å². The Kier molecular flexibility index (Phi) is 8.53. The highest BCUT2D eigenvalue weighted by molar-refractivity contribution is 4.92. The number of methoxy groups -OCH3 is 2. The molecule has 2 fully saturated rings.